The number of nitrogens with one attached hydrogen (secondary N) is 1. The molecule has 1 aliphatic rings. The molecule has 1 aromatic rings. The molecule has 1 aliphatic heterocycles. The normalized spacial score (nSPS) is 24.1. The lowest BCUT2D eigenvalue weighted by Gasteiger charge is -2.39. The van der Waals surface area contributed by atoms with E-state index in [1.165, 1.54) is 44.2 Å². The molecule has 0 bridgehead atoms. The second-order valence-electron chi connectivity index (χ2n) is 6.09. The van der Waals surface area contributed by atoms with Gasteiger partial charge in [0.25, 0.3) is 0 Å². The van der Waals surface area contributed by atoms with Crippen LogP contribution in [-0.4, -0.2) is 30.6 Å². The van der Waals surface area contributed by atoms with E-state index in [4.69, 9.17) is 0 Å². The molecule has 0 saturated carbocycles. The Morgan fingerprint density at radius 1 is 1.20 bits per heavy atom. The maximum atomic E-state index is 3.57. The quantitative estimate of drug-likeness (QED) is 0.873. The molecule has 0 aliphatic carbocycles. The van der Waals surface area contributed by atoms with Crippen molar-refractivity contribution in [1.82, 2.24) is 10.2 Å². The zero-order valence-electron chi connectivity index (χ0n) is 13.3. The predicted molar refractivity (Wildman–Crippen MR) is 87.0 cm³/mol. The summed E-state index contributed by atoms with van der Waals surface area (Å²) in [7, 11) is 2.10. The van der Waals surface area contributed by atoms with Crippen LogP contribution in [0.3, 0.4) is 0 Å². The minimum atomic E-state index is 0.432. The van der Waals surface area contributed by atoms with E-state index in [1.54, 1.807) is 0 Å². The molecular weight excluding hydrogens is 244 g/mol. The Morgan fingerprint density at radius 2 is 1.95 bits per heavy atom. The third-order valence-corrected chi connectivity index (χ3v) is 4.80. The van der Waals surface area contributed by atoms with E-state index in [0.29, 0.717) is 18.1 Å². The number of hydrogen-bond donors (Lipinski definition) is 1. The van der Waals surface area contributed by atoms with E-state index in [0.717, 1.165) is 0 Å². The van der Waals surface area contributed by atoms with Crippen LogP contribution in [0.4, 0.5) is 0 Å². The number of benzene rings is 1. The average molecular weight is 274 g/mol. The Morgan fingerprint density at radius 3 is 2.60 bits per heavy atom. The van der Waals surface area contributed by atoms with Gasteiger partial charge in [0.1, 0.15) is 0 Å². The van der Waals surface area contributed by atoms with Crippen molar-refractivity contribution in [2.45, 2.75) is 64.1 Å². The summed E-state index contributed by atoms with van der Waals surface area (Å²) in [4.78, 5) is 2.75. The first-order valence-corrected chi connectivity index (χ1v) is 8.25. The number of likely N-dealkylation sites (tertiary alicyclic amines) is 1. The van der Waals surface area contributed by atoms with Crippen LogP contribution in [0.5, 0.6) is 0 Å². The van der Waals surface area contributed by atoms with Crippen LogP contribution in [0, 0.1) is 0 Å². The van der Waals surface area contributed by atoms with Crippen molar-refractivity contribution in [3.05, 3.63) is 35.9 Å². The van der Waals surface area contributed by atoms with E-state index < -0.39 is 0 Å². The minimum absolute atomic E-state index is 0.432. The number of hydrogen-bond acceptors (Lipinski definition) is 2. The molecule has 2 heteroatoms. The maximum Gasteiger partial charge on any atom is 0.0475 e. The number of nitrogens with zero attached hydrogens (tertiary/aromatic N) is 1. The Bertz CT molecular complexity index is 376. The van der Waals surface area contributed by atoms with Gasteiger partial charge in [-0.25, -0.2) is 0 Å². The van der Waals surface area contributed by atoms with Gasteiger partial charge < -0.3 is 5.32 Å². The van der Waals surface area contributed by atoms with Crippen LogP contribution < -0.4 is 5.32 Å². The summed E-state index contributed by atoms with van der Waals surface area (Å²) in [6, 6.07) is 12.7. The van der Waals surface area contributed by atoms with Gasteiger partial charge in [0, 0.05) is 18.1 Å². The van der Waals surface area contributed by atoms with Crippen molar-refractivity contribution in [2.24, 2.45) is 0 Å². The first-order valence-electron chi connectivity index (χ1n) is 8.25. The molecule has 1 aromatic carbocycles. The van der Waals surface area contributed by atoms with Crippen molar-refractivity contribution in [3.8, 4) is 0 Å². The van der Waals surface area contributed by atoms with E-state index in [1.807, 2.05) is 0 Å². The van der Waals surface area contributed by atoms with Gasteiger partial charge in [-0.05, 0) is 45.3 Å². The highest BCUT2D eigenvalue weighted by Gasteiger charge is 2.29. The minimum Gasteiger partial charge on any atom is -0.312 e. The van der Waals surface area contributed by atoms with Gasteiger partial charge in [0.2, 0.25) is 0 Å². The molecule has 112 valence electrons. The van der Waals surface area contributed by atoms with Gasteiger partial charge in [0.15, 0.2) is 0 Å². The lowest BCUT2D eigenvalue weighted by molar-refractivity contribution is 0.113. The zero-order valence-corrected chi connectivity index (χ0v) is 13.3. The van der Waals surface area contributed by atoms with Crippen LogP contribution in [0.15, 0.2) is 30.3 Å². The summed E-state index contributed by atoms with van der Waals surface area (Å²) < 4.78 is 0. The van der Waals surface area contributed by atoms with Crippen molar-refractivity contribution in [3.63, 3.8) is 0 Å². The molecule has 3 unspecified atom stereocenters. The molecule has 20 heavy (non-hydrogen) atoms. The molecule has 1 N–H and O–H groups in total. The largest absolute Gasteiger partial charge is 0.312 e. The highest BCUT2D eigenvalue weighted by Crippen LogP contribution is 2.28. The van der Waals surface area contributed by atoms with Crippen LogP contribution in [0.25, 0.3) is 0 Å². The lowest BCUT2D eigenvalue weighted by Crippen LogP contribution is -2.47. The molecule has 2 rings (SSSR count). The standard InChI is InChI=1S/C18H30N2/c1-4-17(20-14-10-6-7-11-15(20)2)18(19-3)16-12-8-5-9-13-16/h5,8-9,12-13,15,17-19H,4,6-7,10-11,14H2,1-3H3. The van der Waals surface area contributed by atoms with Crippen LogP contribution in [-0.2, 0) is 0 Å². The summed E-state index contributed by atoms with van der Waals surface area (Å²) in [5.41, 5.74) is 1.42. The van der Waals surface area contributed by atoms with Crippen molar-refractivity contribution < 1.29 is 0 Å². The highest BCUT2D eigenvalue weighted by molar-refractivity contribution is 5.20. The average Bonchev–Trinajstić information content (AvgIpc) is 2.70. The third kappa shape index (κ3) is 3.62. The van der Waals surface area contributed by atoms with Gasteiger partial charge in [-0.3, -0.25) is 4.90 Å². The Labute approximate surface area is 124 Å². The maximum absolute atomic E-state index is 3.57. The van der Waals surface area contributed by atoms with Crippen molar-refractivity contribution in [2.75, 3.05) is 13.6 Å². The lowest BCUT2D eigenvalue weighted by atomic mass is 9.94. The third-order valence-electron chi connectivity index (χ3n) is 4.80. The molecule has 0 radical (unpaired) electrons. The second-order valence-corrected chi connectivity index (χ2v) is 6.09. The van der Waals surface area contributed by atoms with Crippen LogP contribution in [0.2, 0.25) is 0 Å². The molecule has 0 amide bonds. The first kappa shape index (κ1) is 15.5. The van der Waals surface area contributed by atoms with Crippen LogP contribution in [0.1, 0.15) is 57.6 Å². The molecule has 1 fully saturated rings. The number of likely N-dealkylation sites (N-methyl/N-ethyl adjacent to an activating group) is 1. The Kier molecular flexibility index (Phi) is 6.06. The van der Waals surface area contributed by atoms with Crippen molar-refractivity contribution in [1.29, 1.82) is 0 Å². The topological polar surface area (TPSA) is 15.3 Å². The molecule has 1 heterocycles. The Hall–Kier alpha value is -0.860. The molecule has 0 spiro atoms. The summed E-state index contributed by atoms with van der Waals surface area (Å²) in [6.45, 7) is 5.99. The molecule has 1 saturated heterocycles. The fourth-order valence-corrected chi connectivity index (χ4v) is 3.69. The molecule has 2 nitrogen and oxygen atoms in total. The van der Waals surface area contributed by atoms with E-state index >= 15 is 0 Å². The second kappa shape index (κ2) is 7.80. The van der Waals surface area contributed by atoms with Gasteiger partial charge >= 0.3 is 0 Å². The fourth-order valence-electron chi connectivity index (χ4n) is 3.69. The Balaban J connectivity index is 2.20. The van der Waals surface area contributed by atoms with Crippen LogP contribution >= 0.6 is 0 Å². The zero-order chi connectivity index (χ0) is 14.4. The van der Waals surface area contributed by atoms with E-state index in [2.05, 4.69) is 61.4 Å². The van der Waals surface area contributed by atoms with Gasteiger partial charge in [-0.2, -0.15) is 0 Å². The van der Waals surface area contributed by atoms with Gasteiger partial charge in [-0.1, -0.05) is 50.1 Å². The molecule has 3 atom stereocenters. The highest BCUT2D eigenvalue weighted by atomic mass is 15.2. The number of rotatable bonds is 5. The van der Waals surface area contributed by atoms with E-state index in [9.17, 15) is 0 Å². The van der Waals surface area contributed by atoms with E-state index in [-0.39, 0.29) is 0 Å². The fraction of sp³-hybridized carbons (Fsp3) is 0.667. The SMILES string of the molecule is CCC(C(NC)c1ccccc1)N1CCCCCC1C. The summed E-state index contributed by atoms with van der Waals surface area (Å²) >= 11 is 0. The summed E-state index contributed by atoms with van der Waals surface area (Å²) in [5.74, 6) is 0. The van der Waals surface area contributed by atoms with Gasteiger partial charge in [0.05, 0.1) is 0 Å². The monoisotopic (exact) mass is 274 g/mol. The molecule has 0 aromatic heterocycles. The summed E-state index contributed by atoms with van der Waals surface area (Å²) in [6.07, 6.45) is 6.69. The van der Waals surface area contributed by atoms with Crippen molar-refractivity contribution >= 4 is 0 Å². The molecular formula is C18H30N2. The summed E-state index contributed by atoms with van der Waals surface area (Å²) in [5, 5.41) is 3.57. The smallest absolute Gasteiger partial charge is 0.0475 e. The van der Waals surface area contributed by atoms with Gasteiger partial charge in [-0.15, -0.1) is 0 Å². The predicted octanol–water partition coefficient (Wildman–Crippen LogP) is 3.99. The first-order chi connectivity index (χ1) is 9.77.